The van der Waals surface area contributed by atoms with E-state index in [0.717, 1.165) is 12.8 Å². The van der Waals surface area contributed by atoms with Crippen molar-refractivity contribution in [3.8, 4) is 0 Å². The smallest absolute Gasteiger partial charge is 0.314 e. The second-order valence-corrected chi connectivity index (χ2v) is 3.50. The van der Waals surface area contributed by atoms with Gasteiger partial charge in [-0.3, -0.25) is 0 Å². The standard InChI is InChI=1S/C11H14N2O/c14-11-12-7-5-9-1-2-10(4-3-9)6-8-13-11/h1-4H,5-8H2,(H2,12,13,14). The molecule has 14 heavy (non-hydrogen) atoms. The number of urea groups is 1. The Kier molecular flexibility index (Phi) is 2.68. The zero-order valence-corrected chi connectivity index (χ0v) is 8.05. The summed E-state index contributed by atoms with van der Waals surface area (Å²) in [5, 5.41) is 5.63. The molecule has 0 atom stereocenters. The molecule has 0 saturated heterocycles. The monoisotopic (exact) mass is 190 g/mol. The van der Waals surface area contributed by atoms with Crippen LogP contribution in [0.5, 0.6) is 0 Å². The molecule has 2 aliphatic heterocycles. The first-order valence-electron chi connectivity index (χ1n) is 4.94. The van der Waals surface area contributed by atoms with E-state index in [1.807, 2.05) is 0 Å². The molecule has 3 nitrogen and oxygen atoms in total. The lowest BCUT2D eigenvalue weighted by molar-refractivity contribution is 0.241. The molecule has 0 saturated carbocycles. The van der Waals surface area contributed by atoms with Crippen molar-refractivity contribution >= 4 is 6.03 Å². The maximum atomic E-state index is 11.2. The van der Waals surface area contributed by atoms with Crippen molar-refractivity contribution in [3.05, 3.63) is 35.4 Å². The van der Waals surface area contributed by atoms with Crippen molar-refractivity contribution in [2.24, 2.45) is 0 Å². The number of carbonyl (C=O) groups excluding carboxylic acids is 1. The Morgan fingerprint density at radius 3 is 1.71 bits per heavy atom. The molecule has 0 aromatic heterocycles. The molecular weight excluding hydrogens is 176 g/mol. The van der Waals surface area contributed by atoms with Gasteiger partial charge in [0.1, 0.15) is 0 Å². The zero-order chi connectivity index (χ0) is 9.80. The maximum Gasteiger partial charge on any atom is 0.314 e. The molecule has 2 aliphatic rings. The third kappa shape index (κ3) is 2.25. The van der Waals surface area contributed by atoms with Crippen molar-refractivity contribution in [1.29, 1.82) is 0 Å². The average Bonchev–Trinajstić information content (AvgIpc) is 2.25. The Morgan fingerprint density at radius 1 is 0.857 bits per heavy atom. The first-order valence-corrected chi connectivity index (χ1v) is 4.94. The number of carbonyl (C=O) groups is 1. The third-order valence-corrected chi connectivity index (χ3v) is 2.42. The largest absolute Gasteiger partial charge is 0.338 e. The molecule has 0 radical (unpaired) electrons. The van der Waals surface area contributed by atoms with Crippen LogP contribution in [-0.4, -0.2) is 19.1 Å². The highest BCUT2D eigenvalue weighted by atomic mass is 16.2. The van der Waals surface area contributed by atoms with Gasteiger partial charge < -0.3 is 10.6 Å². The summed E-state index contributed by atoms with van der Waals surface area (Å²) in [7, 11) is 0. The van der Waals surface area contributed by atoms with Crippen LogP contribution in [0.25, 0.3) is 0 Å². The Bertz CT molecular complexity index is 288. The summed E-state index contributed by atoms with van der Waals surface area (Å²) in [5.41, 5.74) is 2.55. The highest BCUT2D eigenvalue weighted by Crippen LogP contribution is 2.05. The second-order valence-electron chi connectivity index (χ2n) is 3.50. The maximum absolute atomic E-state index is 11.2. The number of hydrogen-bond acceptors (Lipinski definition) is 1. The number of fused-ring (bicyclic) bond motifs is 8. The van der Waals surface area contributed by atoms with Gasteiger partial charge in [0.25, 0.3) is 0 Å². The van der Waals surface area contributed by atoms with E-state index in [1.54, 1.807) is 0 Å². The lowest BCUT2D eigenvalue weighted by Gasteiger charge is -2.04. The van der Waals surface area contributed by atoms with Crippen LogP contribution in [0.15, 0.2) is 24.3 Å². The van der Waals surface area contributed by atoms with Crippen molar-refractivity contribution < 1.29 is 4.79 Å². The summed E-state index contributed by atoms with van der Waals surface area (Å²) in [6.45, 7) is 1.40. The third-order valence-electron chi connectivity index (χ3n) is 2.42. The Hall–Kier alpha value is -1.51. The summed E-state index contributed by atoms with van der Waals surface area (Å²) in [5.74, 6) is 0. The molecule has 2 bridgehead atoms. The average molecular weight is 190 g/mol. The lowest BCUT2D eigenvalue weighted by atomic mass is 10.1. The summed E-state index contributed by atoms with van der Waals surface area (Å²) < 4.78 is 0. The van der Waals surface area contributed by atoms with Crippen molar-refractivity contribution in [3.63, 3.8) is 0 Å². The number of amides is 2. The fourth-order valence-corrected chi connectivity index (χ4v) is 1.58. The van der Waals surface area contributed by atoms with Gasteiger partial charge in [-0.15, -0.1) is 0 Å². The van der Waals surface area contributed by atoms with Crippen molar-refractivity contribution in [1.82, 2.24) is 10.6 Å². The van der Waals surface area contributed by atoms with Gasteiger partial charge in [0, 0.05) is 13.1 Å². The summed E-state index contributed by atoms with van der Waals surface area (Å²) >= 11 is 0. The normalized spacial score (nSPS) is 16.7. The van der Waals surface area contributed by atoms with Gasteiger partial charge >= 0.3 is 6.03 Å². The van der Waals surface area contributed by atoms with Crippen molar-refractivity contribution in [2.75, 3.05) is 13.1 Å². The first-order chi connectivity index (χ1) is 6.84. The molecule has 3 rings (SSSR count). The summed E-state index contributed by atoms with van der Waals surface area (Å²) in [6, 6.07) is 8.46. The van der Waals surface area contributed by atoms with E-state index in [2.05, 4.69) is 34.9 Å². The minimum atomic E-state index is -0.0625. The predicted octanol–water partition coefficient (Wildman–Crippen LogP) is 1.08. The topological polar surface area (TPSA) is 41.1 Å². The predicted molar refractivity (Wildman–Crippen MR) is 55.3 cm³/mol. The Morgan fingerprint density at radius 2 is 1.29 bits per heavy atom. The van der Waals surface area contributed by atoms with Gasteiger partial charge in [-0.05, 0) is 24.0 Å². The second kappa shape index (κ2) is 4.13. The number of nitrogens with one attached hydrogen (secondary N) is 2. The van der Waals surface area contributed by atoms with E-state index < -0.39 is 0 Å². The van der Waals surface area contributed by atoms with Gasteiger partial charge in [-0.2, -0.15) is 0 Å². The van der Waals surface area contributed by atoms with Gasteiger partial charge in [0.15, 0.2) is 0 Å². The van der Waals surface area contributed by atoms with Crippen LogP contribution in [0.1, 0.15) is 11.1 Å². The van der Waals surface area contributed by atoms with E-state index in [1.165, 1.54) is 11.1 Å². The van der Waals surface area contributed by atoms with Crippen LogP contribution >= 0.6 is 0 Å². The van der Waals surface area contributed by atoms with E-state index >= 15 is 0 Å². The van der Waals surface area contributed by atoms with E-state index in [-0.39, 0.29) is 6.03 Å². The molecule has 2 heterocycles. The van der Waals surface area contributed by atoms with Crippen LogP contribution in [-0.2, 0) is 12.8 Å². The summed E-state index contributed by atoms with van der Waals surface area (Å²) in [6.07, 6.45) is 1.79. The van der Waals surface area contributed by atoms with Gasteiger partial charge in [0.2, 0.25) is 0 Å². The van der Waals surface area contributed by atoms with Crippen LogP contribution < -0.4 is 10.6 Å². The van der Waals surface area contributed by atoms with E-state index in [9.17, 15) is 4.79 Å². The summed E-state index contributed by atoms with van der Waals surface area (Å²) in [4.78, 5) is 11.2. The Balaban J connectivity index is 2.12. The van der Waals surface area contributed by atoms with Gasteiger partial charge in [-0.25, -0.2) is 4.79 Å². The Labute approximate surface area is 83.5 Å². The van der Waals surface area contributed by atoms with Gasteiger partial charge in [-0.1, -0.05) is 24.3 Å². The van der Waals surface area contributed by atoms with Crippen molar-refractivity contribution in [2.45, 2.75) is 12.8 Å². The van der Waals surface area contributed by atoms with Gasteiger partial charge in [0.05, 0.1) is 0 Å². The minimum absolute atomic E-state index is 0.0625. The molecular formula is C11H14N2O. The van der Waals surface area contributed by atoms with Crippen LogP contribution in [0.4, 0.5) is 4.79 Å². The van der Waals surface area contributed by atoms with Crippen LogP contribution in [0, 0.1) is 0 Å². The molecule has 0 unspecified atom stereocenters. The fourth-order valence-electron chi connectivity index (χ4n) is 1.58. The lowest BCUT2D eigenvalue weighted by Crippen LogP contribution is -2.37. The SMILES string of the molecule is O=C1NCCc2ccc(cc2)CCN1. The molecule has 1 aromatic rings. The molecule has 3 heteroatoms. The fraction of sp³-hybridized carbons (Fsp3) is 0.364. The number of rotatable bonds is 0. The molecule has 0 aliphatic carbocycles. The van der Waals surface area contributed by atoms with Crippen LogP contribution in [0.3, 0.4) is 0 Å². The molecule has 2 amide bonds. The van der Waals surface area contributed by atoms with E-state index in [0.29, 0.717) is 13.1 Å². The van der Waals surface area contributed by atoms with Crippen LogP contribution in [0.2, 0.25) is 0 Å². The number of hydrogen-bond donors (Lipinski definition) is 2. The quantitative estimate of drug-likeness (QED) is 0.631. The molecule has 1 aromatic carbocycles. The molecule has 2 N–H and O–H groups in total. The molecule has 0 spiro atoms. The highest BCUT2D eigenvalue weighted by Gasteiger charge is 2.02. The zero-order valence-electron chi connectivity index (χ0n) is 8.05. The van der Waals surface area contributed by atoms with E-state index in [4.69, 9.17) is 0 Å². The minimum Gasteiger partial charge on any atom is -0.338 e. The first kappa shape index (κ1) is 9.06. The molecule has 74 valence electrons. The number of benzene rings is 1. The highest BCUT2D eigenvalue weighted by molar-refractivity contribution is 5.73. The molecule has 0 fully saturated rings.